The summed E-state index contributed by atoms with van der Waals surface area (Å²) in [4.78, 5) is 50.1. The lowest BCUT2D eigenvalue weighted by Gasteiger charge is -2.19. The highest BCUT2D eigenvalue weighted by Crippen LogP contribution is 2.32. The predicted octanol–water partition coefficient (Wildman–Crippen LogP) is 4.74. The standard InChI is InChI=1S/C27H21ClN2O6/c1-15(24(31)29-19-13-9-17(10-14-19)26(33)34)36-27(35)23-22(16-7-11-18(28)12-8-16)20-5-3-4-6-21(20)25(32)30(23)2/h3-15H,1-2H3,(H,29,31)(H,33,34). The van der Waals surface area contributed by atoms with E-state index in [0.29, 0.717) is 32.6 Å². The van der Waals surface area contributed by atoms with E-state index < -0.39 is 23.9 Å². The number of ether oxygens (including phenoxy) is 1. The summed E-state index contributed by atoms with van der Waals surface area (Å²) in [5, 5.41) is 13.1. The number of esters is 1. The minimum atomic E-state index is -1.21. The van der Waals surface area contributed by atoms with Crippen LogP contribution < -0.4 is 10.9 Å². The summed E-state index contributed by atoms with van der Waals surface area (Å²) in [6, 6.07) is 19.3. The van der Waals surface area contributed by atoms with Gasteiger partial charge in [0.05, 0.1) is 5.56 Å². The number of anilines is 1. The number of rotatable bonds is 6. The summed E-state index contributed by atoms with van der Waals surface area (Å²) in [5.74, 6) is -2.56. The summed E-state index contributed by atoms with van der Waals surface area (Å²) >= 11 is 6.05. The van der Waals surface area contributed by atoms with Crippen molar-refractivity contribution in [3.8, 4) is 11.1 Å². The molecule has 3 aromatic carbocycles. The van der Waals surface area contributed by atoms with E-state index in [9.17, 15) is 19.2 Å². The molecule has 36 heavy (non-hydrogen) atoms. The zero-order valence-corrected chi connectivity index (χ0v) is 20.1. The van der Waals surface area contributed by atoms with Crippen molar-refractivity contribution in [2.75, 3.05) is 5.32 Å². The maximum atomic E-state index is 13.4. The lowest BCUT2D eigenvalue weighted by atomic mass is 9.96. The van der Waals surface area contributed by atoms with Crippen LogP contribution in [0.25, 0.3) is 21.9 Å². The van der Waals surface area contributed by atoms with Crippen molar-refractivity contribution < 1.29 is 24.2 Å². The summed E-state index contributed by atoms with van der Waals surface area (Å²) in [7, 11) is 1.47. The third-order valence-electron chi connectivity index (χ3n) is 5.68. The molecule has 1 amide bonds. The number of carboxylic acid groups (broad SMARTS) is 1. The lowest BCUT2D eigenvalue weighted by molar-refractivity contribution is -0.123. The average Bonchev–Trinajstić information content (AvgIpc) is 2.86. The van der Waals surface area contributed by atoms with E-state index in [-0.39, 0.29) is 16.8 Å². The number of nitrogens with zero attached hydrogens (tertiary/aromatic N) is 1. The van der Waals surface area contributed by atoms with Gasteiger partial charge in [0.25, 0.3) is 11.5 Å². The third-order valence-corrected chi connectivity index (χ3v) is 5.93. The number of aromatic nitrogens is 1. The Labute approximate surface area is 210 Å². The molecule has 0 spiro atoms. The fourth-order valence-electron chi connectivity index (χ4n) is 3.82. The summed E-state index contributed by atoms with van der Waals surface area (Å²) in [5.41, 5.74) is 1.14. The fraction of sp³-hybridized carbons (Fsp3) is 0.111. The molecular weight excluding hydrogens is 484 g/mol. The average molecular weight is 505 g/mol. The number of aromatic carboxylic acids is 1. The fourth-order valence-corrected chi connectivity index (χ4v) is 3.95. The number of amides is 1. The number of nitrogens with one attached hydrogen (secondary N) is 1. The van der Waals surface area contributed by atoms with Crippen LogP contribution in [0.4, 0.5) is 5.69 Å². The van der Waals surface area contributed by atoms with E-state index in [2.05, 4.69) is 5.32 Å². The van der Waals surface area contributed by atoms with Crippen molar-refractivity contribution in [3.63, 3.8) is 0 Å². The molecule has 4 aromatic rings. The van der Waals surface area contributed by atoms with Gasteiger partial charge in [0, 0.05) is 28.7 Å². The molecule has 8 nitrogen and oxygen atoms in total. The van der Waals surface area contributed by atoms with Crippen LogP contribution in [0.2, 0.25) is 5.02 Å². The molecule has 1 unspecified atom stereocenters. The first kappa shape index (κ1) is 24.7. The SMILES string of the molecule is CC(OC(=O)c1c(-c2ccc(Cl)cc2)c2ccccc2c(=O)n1C)C(=O)Nc1ccc(C(=O)O)cc1. The van der Waals surface area contributed by atoms with Crippen LogP contribution in [0.1, 0.15) is 27.8 Å². The molecule has 1 atom stereocenters. The van der Waals surface area contributed by atoms with E-state index in [4.69, 9.17) is 21.4 Å². The normalized spacial score (nSPS) is 11.6. The highest BCUT2D eigenvalue weighted by atomic mass is 35.5. The van der Waals surface area contributed by atoms with Crippen LogP contribution >= 0.6 is 11.6 Å². The Balaban J connectivity index is 1.68. The predicted molar refractivity (Wildman–Crippen MR) is 137 cm³/mol. The lowest BCUT2D eigenvalue weighted by Crippen LogP contribution is -2.32. The molecule has 0 aliphatic rings. The van der Waals surface area contributed by atoms with Gasteiger partial charge in [-0.3, -0.25) is 9.59 Å². The van der Waals surface area contributed by atoms with E-state index in [1.165, 1.54) is 42.8 Å². The van der Waals surface area contributed by atoms with Crippen molar-refractivity contribution in [1.82, 2.24) is 4.57 Å². The number of carboxylic acids is 1. The smallest absolute Gasteiger partial charge is 0.356 e. The number of benzene rings is 3. The van der Waals surface area contributed by atoms with Gasteiger partial charge in [-0.2, -0.15) is 0 Å². The van der Waals surface area contributed by atoms with Crippen molar-refractivity contribution in [2.45, 2.75) is 13.0 Å². The number of hydrogen-bond donors (Lipinski definition) is 2. The maximum Gasteiger partial charge on any atom is 0.356 e. The third kappa shape index (κ3) is 4.85. The molecule has 0 saturated carbocycles. The number of fused-ring (bicyclic) bond motifs is 1. The number of hydrogen-bond acceptors (Lipinski definition) is 5. The number of pyridine rings is 1. The maximum absolute atomic E-state index is 13.4. The van der Waals surface area contributed by atoms with Gasteiger partial charge in [-0.25, -0.2) is 9.59 Å². The Bertz CT molecular complexity index is 1540. The largest absolute Gasteiger partial charge is 0.478 e. The molecule has 0 aliphatic carbocycles. The van der Waals surface area contributed by atoms with Crippen molar-refractivity contribution >= 4 is 45.9 Å². The molecule has 182 valence electrons. The van der Waals surface area contributed by atoms with Gasteiger partial charge in [0.2, 0.25) is 0 Å². The Hall–Kier alpha value is -4.43. The Morgan fingerprint density at radius 3 is 2.17 bits per heavy atom. The van der Waals surface area contributed by atoms with Crippen LogP contribution in [0.15, 0.2) is 77.6 Å². The highest BCUT2D eigenvalue weighted by Gasteiger charge is 2.26. The van der Waals surface area contributed by atoms with Crippen LogP contribution in [-0.2, 0) is 16.6 Å². The molecule has 9 heteroatoms. The van der Waals surface area contributed by atoms with Gasteiger partial charge < -0.3 is 19.7 Å². The van der Waals surface area contributed by atoms with Crippen molar-refractivity contribution in [2.24, 2.45) is 7.05 Å². The van der Waals surface area contributed by atoms with Crippen molar-refractivity contribution in [3.05, 3.63) is 99.4 Å². The zero-order valence-electron chi connectivity index (χ0n) is 19.3. The Kier molecular flexibility index (Phi) is 6.89. The Morgan fingerprint density at radius 1 is 0.944 bits per heavy atom. The first-order chi connectivity index (χ1) is 17.2. The summed E-state index contributed by atoms with van der Waals surface area (Å²) < 4.78 is 6.68. The summed E-state index contributed by atoms with van der Waals surface area (Å²) in [6.45, 7) is 1.40. The molecule has 0 fully saturated rings. The van der Waals surface area contributed by atoms with Gasteiger partial charge in [0.15, 0.2) is 6.10 Å². The first-order valence-corrected chi connectivity index (χ1v) is 11.3. The molecule has 0 saturated heterocycles. The quantitative estimate of drug-likeness (QED) is 0.366. The molecule has 0 bridgehead atoms. The Morgan fingerprint density at radius 2 is 1.56 bits per heavy atom. The number of carbonyl (C=O) groups excluding carboxylic acids is 2. The van der Waals surface area contributed by atoms with Crippen LogP contribution in [0.5, 0.6) is 0 Å². The van der Waals surface area contributed by atoms with Crippen LogP contribution in [0, 0.1) is 0 Å². The molecule has 1 aromatic heterocycles. The second-order valence-corrected chi connectivity index (χ2v) is 8.50. The number of carbonyl (C=O) groups is 3. The first-order valence-electron chi connectivity index (χ1n) is 10.9. The minimum Gasteiger partial charge on any atom is -0.478 e. The monoisotopic (exact) mass is 504 g/mol. The van der Waals surface area contributed by atoms with E-state index >= 15 is 0 Å². The zero-order chi connectivity index (χ0) is 26.0. The van der Waals surface area contributed by atoms with Gasteiger partial charge >= 0.3 is 11.9 Å². The second-order valence-electron chi connectivity index (χ2n) is 8.06. The van der Waals surface area contributed by atoms with E-state index in [1.807, 2.05) is 0 Å². The van der Waals surface area contributed by atoms with Gasteiger partial charge in [-0.15, -0.1) is 0 Å². The molecule has 4 rings (SSSR count). The molecular formula is C27H21ClN2O6. The van der Waals surface area contributed by atoms with E-state index in [0.717, 1.165) is 0 Å². The molecule has 2 N–H and O–H groups in total. The van der Waals surface area contributed by atoms with E-state index in [1.54, 1.807) is 48.5 Å². The number of halogens is 1. The van der Waals surface area contributed by atoms with Crippen molar-refractivity contribution in [1.29, 1.82) is 0 Å². The summed E-state index contributed by atoms with van der Waals surface area (Å²) in [6.07, 6.45) is -1.21. The van der Waals surface area contributed by atoms with Gasteiger partial charge in [-0.1, -0.05) is 41.9 Å². The van der Waals surface area contributed by atoms with Gasteiger partial charge in [-0.05, 0) is 60.3 Å². The highest BCUT2D eigenvalue weighted by molar-refractivity contribution is 6.30. The molecule has 0 aliphatic heterocycles. The molecule has 1 heterocycles. The second kappa shape index (κ2) is 10.1. The van der Waals surface area contributed by atoms with Crippen LogP contribution in [0.3, 0.4) is 0 Å². The molecule has 0 radical (unpaired) electrons. The topological polar surface area (TPSA) is 115 Å². The van der Waals surface area contributed by atoms with Gasteiger partial charge in [0.1, 0.15) is 5.69 Å². The van der Waals surface area contributed by atoms with Crippen LogP contribution in [-0.4, -0.2) is 33.6 Å². The minimum absolute atomic E-state index is 0.00789.